The lowest BCUT2D eigenvalue weighted by Crippen LogP contribution is -2.30. The normalized spacial score (nSPS) is 11.6. The van der Waals surface area contributed by atoms with Gasteiger partial charge in [0.05, 0.1) is 23.0 Å². The molecule has 0 atom stereocenters. The van der Waals surface area contributed by atoms with Crippen molar-refractivity contribution in [3.05, 3.63) is 59.9 Å². The minimum Gasteiger partial charge on any atom is -0.468 e. The van der Waals surface area contributed by atoms with Gasteiger partial charge < -0.3 is 9.30 Å². The first-order chi connectivity index (χ1) is 12.4. The summed E-state index contributed by atoms with van der Waals surface area (Å²) in [5.41, 5.74) is 2.90. The number of carbonyl (C=O) groups is 1. The van der Waals surface area contributed by atoms with Gasteiger partial charge in [0.25, 0.3) is 0 Å². The number of para-hydroxylation sites is 2. The van der Waals surface area contributed by atoms with Crippen molar-refractivity contribution in [1.29, 1.82) is 0 Å². The lowest BCUT2D eigenvalue weighted by atomic mass is 10.2. The summed E-state index contributed by atoms with van der Waals surface area (Å²) in [4.78, 5) is 15.7. The number of sulfonamides is 1. The molecule has 0 amide bonds. The van der Waals surface area contributed by atoms with Crippen molar-refractivity contribution >= 4 is 27.0 Å². The number of esters is 1. The summed E-state index contributed by atoms with van der Waals surface area (Å²) < 4.78 is 33.1. The van der Waals surface area contributed by atoms with Crippen molar-refractivity contribution in [2.75, 3.05) is 13.7 Å². The Morgan fingerprint density at radius 1 is 1.15 bits per heavy atom. The fraction of sp³-hybridized carbons (Fsp3) is 0.222. The summed E-state index contributed by atoms with van der Waals surface area (Å²) >= 11 is 0. The Morgan fingerprint density at radius 3 is 2.54 bits per heavy atom. The molecule has 0 aliphatic carbocycles. The summed E-state index contributed by atoms with van der Waals surface area (Å²) in [6.07, 6.45) is 0. The number of hydrogen-bond acceptors (Lipinski definition) is 5. The number of nitrogens with one attached hydrogen (secondary N) is 1. The molecule has 0 aliphatic rings. The standard InChI is InChI=1S/C18H19N3O4S/c1-13-20-16-5-3-4-6-17(16)21(13)12-14-7-9-15(10-8-14)26(23,24)19-11-18(22)25-2/h3-10,19H,11-12H2,1-2H3. The van der Waals surface area contributed by atoms with E-state index in [0.717, 1.165) is 22.4 Å². The molecule has 1 aromatic heterocycles. The number of benzene rings is 2. The maximum absolute atomic E-state index is 12.2. The minimum atomic E-state index is -3.76. The van der Waals surface area contributed by atoms with E-state index in [-0.39, 0.29) is 4.90 Å². The summed E-state index contributed by atoms with van der Waals surface area (Å²) in [7, 11) is -2.56. The molecule has 26 heavy (non-hydrogen) atoms. The van der Waals surface area contributed by atoms with Crippen molar-refractivity contribution in [3.63, 3.8) is 0 Å². The molecule has 1 heterocycles. The fourth-order valence-electron chi connectivity index (χ4n) is 2.66. The Labute approximate surface area is 151 Å². The van der Waals surface area contributed by atoms with Gasteiger partial charge in [-0.15, -0.1) is 0 Å². The second-order valence-corrected chi connectivity index (χ2v) is 7.55. The third-order valence-electron chi connectivity index (χ3n) is 4.05. The van der Waals surface area contributed by atoms with E-state index in [9.17, 15) is 13.2 Å². The van der Waals surface area contributed by atoms with E-state index in [4.69, 9.17) is 0 Å². The highest BCUT2D eigenvalue weighted by Crippen LogP contribution is 2.18. The number of rotatable bonds is 6. The van der Waals surface area contributed by atoms with Gasteiger partial charge in [-0.1, -0.05) is 24.3 Å². The van der Waals surface area contributed by atoms with Crippen molar-refractivity contribution in [2.24, 2.45) is 0 Å². The van der Waals surface area contributed by atoms with E-state index in [1.54, 1.807) is 12.1 Å². The molecule has 0 saturated heterocycles. The molecule has 0 spiro atoms. The van der Waals surface area contributed by atoms with Gasteiger partial charge in [0.15, 0.2) is 0 Å². The van der Waals surface area contributed by atoms with Crippen molar-refractivity contribution in [1.82, 2.24) is 14.3 Å². The van der Waals surface area contributed by atoms with E-state index in [0.29, 0.717) is 6.54 Å². The zero-order valence-electron chi connectivity index (χ0n) is 14.5. The molecule has 1 N–H and O–H groups in total. The lowest BCUT2D eigenvalue weighted by molar-refractivity contribution is -0.139. The zero-order valence-corrected chi connectivity index (χ0v) is 15.3. The summed E-state index contributed by atoms with van der Waals surface area (Å²) in [5.74, 6) is 0.246. The molecule has 7 nitrogen and oxygen atoms in total. The molecule has 3 aromatic rings. The van der Waals surface area contributed by atoms with Gasteiger partial charge in [0.1, 0.15) is 12.4 Å². The smallest absolute Gasteiger partial charge is 0.320 e. The number of aryl methyl sites for hydroxylation is 1. The number of imidazole rings is 1. The SMILES string of the molecule is COC(=O)CNS(=O)(=O)c1ccc(Cn2c(C)nc3ccccc32)cc1. The molecular formula is C18H19N3O4S. The monoisotopic (exact) mass is 373 g/mol. The molecule has 3 rings (SSSR count). The van der Waals surface area contributed by atoms with E-state index < -0.39 is 22.5 Å². The van der Waals surface area contributed by atoms with Crippen LogP contribution in [0.4, 0.5) is 0 Å². The van der Waals surface area contributed by atoms with E-state index >= 15 is 0 Å². The third-order valence-corrected chi connectivity index (χ3v) is 5.47. The Balaban J connectivity index is 1.79. The first-order valence-electron chi connectivity index (χ1n) is 7.98. The highest BCUT2D eigenvalue weighted by molar-refractivity contribution is 7.89. The van der Waals surface area contributed by atoms with Gasteiger partial charge in [0, 0.05) is 6.54 Å². The zero-order chi connectivity index (χ0) is 18.7. The number of fused-ring (bicyclic) bond motifs is 1. The molecular weight excluding hydrogens is 354 g/mol. The first kappa shape index (κ1) is 18.1. The predicted octanol–water partition coefficient (Wildman–Crippen LogP) is 1.84. The Hall–Kier alpha value is -2.71. The average molecular weight is 373 g/mol. The van der Waals surface area contributed by atoms with Gasteiger partial charge >= 0.3 is 5.97 Å². The molecule has 8 heteroatoms. The highest BCUT2D eigenvalue weighted by atomic mass is 32.2. The predicted molar refractivity (Wildman–Crippen MR) is 97.2 cm³/mol. The highest BCUT2D eigenvalue weighted by Gasteiger charge is 2.16. The van der Waals surface area contributed by atoms with Crippen LogP contribution in [-0.4, -0.2) is 37.6 Å². The van der Waals surface area contributed by atoms with Crippen molar-refractivity contribution in [3.8, 4) is 0 Å². The van der Waals surface area contributed by atoms with E-state index in [1.165, 1.54) is 19.2 Å². The molecule has 0 saturated carbocycles. The fourth-order valence-corrected chi connectivity index (χ4v) is 3.63. The average Bonchev–Trinajstić information content (AvgIpc) is 2.96. The molecule has 2 aromatic carbocycles. The van der Waals surface area contributed by atoms with Crippen LogP contribution in [0.5, 0.6) is 0 Å². The largest absolute Gasteiger partial charge is 0.468 e. The van der Waals surface area contributed by atoms with E-state index in [2.05, 4.69) is 19.0 Å². The van der Waals surface area contributed by atoms with Crippen LogP contribution in [0.25, 0.3) is 11.0 Å². The Morgan fingerprint density at radius 2 is 1.85 bits per heavy atom. The molecule has 0 radical (unpaired) electrons. The van der Waals surface area contributed by atoms with Gasteiger partial charge in [0.2, 0.25) is 10.0 Å². The Bertz CT molecular complexity index is 1040. The quantitative estimate of drug-likeness (QED) is 0.666. The Kier molecular flexibility index (Phi) is 5.06. The number of methoxy groups -OCH3 is 1. The van der Waals surface area contributed by atoms with Crippen molar-refractivity contribution < 1.29 is 17.9 Å². The number of hydrogen-bond donors (Lipinski definition) is 1. The van der Waals surface area contributed by atoms with E-state index in [1.807, 2.05) is 31.2 Å². The van der Waals surface area contributed by atoms with Gasteiger partial charge in [-0.3, -0.25) is 4.79 Å². The maximum atomic E-state index is 12.2. The maximum Gasteiger partial charge on any atom is 0.320 e. The minimum absolute atomic E-state index is 0.0948. The number of aromatic nitrogens is 2. The van der Waals surface area contributed by atoms with Gasteiger partial charge in [-0.05, 0) is 36.8 Å². The number of carbonyl (C=O) groups excluding carboxylic acids is 1. The topological polar surface area (TPSA) is 90.3 Å². The summed E-state index contributed by atoms with van der Waals surface area (Å²) in [5, 5.41) is 0. The van der Waals surface area contributed by atoms with Gasteiger partial charge in [-0.2, -0.15) is 4.72 Å². The van der Waals surface area contributed by atoms with Crippen LogP contribution in [0.2, 0.25) is 0 Å². The second kappa shape index (κ2) is 7.27. The third kappa shape index (κ3) is 3.76. The first-order valence-corrected chi connectivity index (χ1v) is 9.46. The molecule has 0 fully saturated rings. The van der Waals surface area contributed by atoms with Crippen LogP contribution in [0.1, 0.15) is 11.4 Å². The molecule has 0 bridgehead atoms. The van der Waals surface area contributed by atoms with Crippen LogP contribution in [0.3, 0.4) is 0 Å². The molecule has 0 unspecified atom stereocenters. The molecule has 136 valence electrons. The van der Waals surface area contributed by atoms with Crippen LogP contribution >= 0.6 is 0 Å². The summed E-state index contributed by atoms with van der Waals surface area (Å²) in [6, 6.07) is 14.4. The van der Waals surface area contributed by atoms with Crippen LogP contribution in [-0.2, 0) is 26.1 Å². The van der Waals surface area contributed by atoms with Gasteiger partial charge in [-0.25, -0.2) is 13.4 Å². The number of ether oxygens (including phenoxy) is 1. The van der Waals surface area contributed by atoms with Crippen molar-refractivity contribution in [2.45, 2.75) is 18.4 Å². The van der Waals surface area contributed by atoms with Crippen LogP contribution < -0.4 is 4.72 Å². The lowest BCUT2D eigenvalue weighted by Gasteiger charge is -2.09. The molecule has 0 aliphatic heterocycles. The number of nitrogens with zero attached hydrogens (tertiary/aromatic N) is 2. The van der Waals surface area contributed by atoms with Crippen LogP contribution in [0.15, 0.2) is 53.4 Å². The van der Waals surface area contributed by atoms with Crippen LogP contribution in [0, 0.1) is 6.92 Å². The second-order valence-electron chi connectivity index (χ2n) is 5.78. The summed E-state index contributed by atoms with van der Waals surface area (Å²) in [6.45, 7) is 2.12.